The fourth-order valence-corrected chi connectivity index (χ4v) is 3.28. The first-order chi connectivity index (χ1) is 15.4. The SMILES string of the molecule is CCCCCN(C(C)=O)C(N[C@H](C)CCNC(=O)OC(C)(C)C)C(C)C.Cc1ccccc1. The van der Waals surface area contributed by atoms with Crippen LogP contribution in [-0.2, 0) is 9.53 Å². The van der Waals surface area contributed by atoms with E-state index >= 15 is 0 Å². The zero-order valence-corrected chi connectivity index (χ0v) is 22.5. The number of aryl methyl sites for hydroxylation is 1. The van der Waals surface area contributed by atoms with Crippen molar-refractivity contribution in [3.05, 3.63) is 35.9 Å². The molecule has 0 aliphatic carbocycles. The van der Waals surface area contributed by atoms with Crippen molar-refractivity contribution >= 4 is 12.0 Å². The van der Waals surface area contributed by atoms with E-state index < -0.39 is 11.7 Å². The Morgan fingerprint density at radius 2 is 1.67 bits per heavy atom. The largest absolute Gasteiger partial charge is 0.444 e. The zero-order valence-electron chi connectivity index (χ0n) is 22.5. The highest BCUT2D eigenvalue weighted by Gasteiger charge is 2.25. The van der Waals surface area contributed by atoms with E-state index in [4.69, 9.17) is 4.74 Å². The van der Waals surface area contributed by atoms with Crippen molar-refractivity contribution in [2.75, 3.05) is 13.1 Å². The maximum atomic E-state index is 12.1. The molecule has 1 aromatic rings. The first kappa shape index (κ1) is 30.9. The number of amides is 2. The summed E-state index contributed by atoms with van der Waals surface area (Å²) in [6.07, 6.45) is 3.66. The Bertz CT molecular complexity index is 656. The van der Waals surface area contributed by atoms with Crippen molar-refractivity contribution in [3.63, 3.8) is 0 Å². The molecular formula is C27H49N3O3. The molecule has 0 bridgehead atoms. The number of alkyl carbamates (subject to hydrolysis) is 1. The van der Waals surface area contributed by atoms with Crippen molar-refractivity contribution < 1.29 is 14.3 Å². The summed E-state index contributed by atoms with van der Waals surface area (Å²) in [5.41, 5.74) is 0.833. The fraction of sp³-hybridized carbons (Fsp3) is 0.704. The standard InChI is InChI=1S/C20H41N3O3.C7H8/c1-9-10-11-14-23(17(5)24)18(15(2)3)22-16(4)12-13-21-19(25)26-20(6,7)8;1-7-5-3-2-4-6-7/h15-16,18,22H,9-14H2,1-8H3,(H,21,25);2-6H,1H3/t16-,18?;/m1./s1. The number of nitrogens with one attached hydrogen (secondary N) is 2. The van der Waals surface area contributed by atoms with Crippen molar-refractivity contribution in [2.45, 2.75) is 106 Å². The van der Waals surface area contributed by atoms with Crippen LogP contribution in [0.15, 0.2) is 30.3 Å². The van der Waals surface area contributed by atoms with Gasteiger partial charge in [0.05, 0.1) is 6.17 Å². The average molecular weight is 464 g/mol. The number of carbonyl (C=O) groups is 2. The molecule has 2 atom stereocenters. The molecule has 0 saturated heterocycles. The van der Waals surface area contributed by atoms with Crippen LogP contribution in [0, 0.1) is 12.8 Å². The minimum absolute atomic E-state index is 0.000817. The predicted molar refractivity (Wildman–Crippen MR) is 138 cm³/mol. The number of unbranched alkanes of at least 4 members (excludes halogenated alkanes) is 2. The second kappa shape index (κ2) is 16.5. The molecule has 190 valence electrons. The van der Waals surface area contributed by atoms with E-state index in [1.807, 2.05) is 43.9 Å². The lowest BCUT2D eigenvalue weighted by Gasteiger charge is -2.36. The Morgan fingerprint density at radius 3 is 2.09 bits per heavy atom. The van der Waals surface area contributed by atoms with E-state index in [9.17, 15) is 9.59 Å². The van der Waals surface area contributed by atoms with Gasteiger partial charge in [-0.2, -0.15) is 0 Å². The van der Waals surface area contributed by atoms with E-state index in [1.54, 1.807) is 6.92 Å². The van der Waals surface area contributed by atoms with Crippen molar-refractivity contribution in [3.8, 4) is 0 Å². The first-order valence-corrected chi connectivity index (χ1v) is 12.4. The Morgan fingerprint density at radius 1 is 1.06 bits per heavy atom. The minimum Gasteiger partial charge on any atom is -0.444 e. The smallest absolute Gasteiger partial charge is 0.407 e. The quantitative estimate of drug-likeness (QED) is 0.317. The number of carbonyl (C=O) groups excluding carboxylic acids is 2. The number of nitrogens with zero attached hydrogens (tertiary/aromatic N) is 1. The van der Waals surface area contributed by atoms with Crippen LogP contribution in [0.5, 0.6) is 0 Å². The van der Waals surface area contributed by atoms with Crippen molar-refractivity contribution in [1.82, 2.24) is 15.5 Å². The molecule has 1 unspecified atom stereocenters. The van der Waals surface area contributed by atoms with Gasteiger partial charge in [0.15, 0.2) is 0 Å². The Kier molecular flexibility index (Phi) is 15.5. The molecule has 0 spiro atoms. The van der Waals surface area contributed by atoms with E-state index in [0.717, 1.165) is 32.2 Å². The summed E-state index contributed by atoms with van der Waals surface area (Å²) in [7, 11) is 0. The highest BCUT2D eigenvalue weighted by molar-refractivity contribution is 5.73. The molecule has 6 heteroatoms. The van der Waals surface area contributed by atoms with Gasteiger partial charge in [0.25, 0.3) is 0 Å². The number of rotatable bonds is 11. The Balaban J connectivity index is 0.00000123. The summed E-state index contributed by atoms with van der Waals surface area (Å²) in [6.45, 7) is 19.1. The normalized spacial score (nSPS) is 12.9. The lowest BCUT2D eigenvalue weighted by atomic mass is 10.1. The van der Waals surface area contributed by atoms with E-state index in [2.05, 4.69) is 57.4 Å². The third-order valence-corrected chi connectivity index (χ3v) is 5.02. The molecular weight excluding hydrogens is 414 g/mol. The summed E-state index contributed by atoms with van der Waals surface area (Å²) in [5.74, 6) is 0.410. The van der Waals surface area contributed by atoms with Gasteiger partial charge in [-0.3, -0.25) is 10.1 Å². The number of ether oxygens (including phenoxy) is 1. The minimum atomic E-state index is -0.489. The zero-order chi connectivity index (χ0) is 25.4. The molecule has 2 amide bonds. The van der Waals surface area contributed by atoms with E-state index in [-0.39, 0.29) is 18.1 Å². The molecule has 0 saturated carbocycles. The van der Waals surface area contributed by atoms with E-state index in [1.165, 1.54) is 5.56 Å². The van der Waals surface area contributed by atoms with Crippen LogP contribution in [0.4, 0.5) is 4.79 Å². The monoisotopic (exact) mass is 463 g/mol. The molecule has 0 aliphatic rings. The van der Waals surface area contributed by atoms with Gasteiger partial charge in [-0.1, -0.05) is 69.5 Å². The number of hydrogen-bond acceptors (Lipinski definition) is 4. The maximum absolute atomic E-state index is 12.1. The van der Waals surface area contributed by atoms with Crippen LogP contribution in [0.3, 0.4) is 0 Å². The first-order valence-electron chi connectivity index (χ1n) is 12.4. The van der Waals surface area contributed by atoms with Gasteiger partial charge in [0.2, 0.25) is 5.91 Å². The molecule has 0 aliphatic heterocycles. The second-order valence-corrected chi connectivity index (χ2v) is 10.0. The molecule has 0 heterocycles. The number of benzene rings is 1. The van der Waals surface area contributed by atoms with Crippen LogP contribution in [0.1, 0.15) is 86.6 Å². The van der Waals surface area contributed by atoms with Gasteiger partial charge in [-0.15, -0.1) is 0 Å². The average Bonchev–Trinajstić information content (AvgIpc) is 2.69. The summed E-state index contributed by atoms with van der Waals surface area (Å²) in [5, 5.41) is 6.34. The van der Waals surface area contributed by atoms with Gasteiger partial charge in [0, 0.05) is 26.1 Å². The second-order valence-electron chi connectivity index (χ2n) is 10.0. The van der Waals surface area contributed by atoms with Gasteiger partial charge in [0.1, 0.15) is 5.60 Å². The lowest BCUT2D eigenvalue weighted by molar-refractivity contribution is -0.133. The van der Waals surface area contributed by atoms with Crippen molar-refractivity contribution in [1.29, 1.82) is 0 Å². The van der Waals surface area contributed by atoms with Crippen LogP contribution in [0.25, 0.3) is 0 Å². The topological polar surface area (TPSA) is 70.7 Å². The van der Waals surface area contributed by atoms with Crippen LogP contribution >= 0.6 is 0 Å². The molecule has 0 fully saturated rings. The molecule has 6 nitrogen and oxygen atoms in total. The summed E-state index contributed by atoms with van der Waals surface area (Å²) in [4.78, 5) is 25.8. The Hall–Kier alpha value is -2.08. The van der Waals surface area contributed by atoms with Gasteiger partial charge >= 0.3 is 6.09 Å². The highest BCUT2D eigenvalue weighted by atomic mass is 16.6. The van der Waals surface area contributed by atoms with Gasteiger partial charge in [-0.05, 0) is 53.4 Å². The van der Waals surface area contributed by atoms with Gasteiger partial charge in [-0.25, -0.2) is 4.79 Å². The molecule has 0 aromatic heterocycles. The molecule has 33 heavy (non-hydrogen) atoms. The third kappa shape index (κ3) is 16.2. The summed E-state index contributed by atoms with van der Waals surface area (Å²) in [6, 6.07) is 10.4. The van der Waals surface area contributed by atoms with Crippen molar-refractivity contribution in [2.24, 2.45) is 5.92 Å². The summed E-state index contributed by atoms with van der Waals surface area (Å²) < 4.78 is 5.24. The van der Waals surface area contributed by atoms with Gasteiger partial charge < -0.3 is 15.0 Å². The van der Waals surface area contributed by atoms with Crippen LogP contribution in [0.2, 0.25) is 0 Å². The maximum Gasteiger partial charge on any atom is 0.407 e. The van der Waals surface area contributed by atoms with Crippen LogP contribution < -0.4 is 10.6 Å². The summed E-state index contributed by atoms with van der Waals surface area (Å²) >= 11 is 0. The number of hydrogen-bond donors (Lipinski definition) is 2. The molecule has 1 aromatic carbocycles. The molecule has 0 radical (unpaired) electrons. The van der Waals surface area contributed by atoms with Crippen LogP contribution in [-0.4, -0.2) is 47.8 Å². The van der Waals surface area contributed by atoms with E-state index in [0.29, 0.717) is 12.5 Å². The molecule has 2 N–H and O–H groups in total. The highest BCUT2D eigenvalue weighted by Crippen LogP contribution is 2.12. The fourth-order valence-electron chi connectivity index (χ4n) is 3.28. The third-order valence-electron chi connectivity index (χ3n) is 5.02. The predicted octanol–water partition coefficient (Wildman–Crippen LogP) is 5.90. The molecule has 1 rings (SSSR count). The lowest BCUT2D eigenvalue weighted by Crippen LogP contribution is -2.54. The Labute approximate surface area is 202 Å².